The van der Waals surface area contributed by atoms with Crippen LogP contribution in [0.4, 0.5) is 22.4 Å². The van der Waals surface area contributed by atoms with Gasteiger partial charge in [-0.25, -0.2) is 9.18 Å². The van der Waals surface area contributed by atoms with Gasteiger partial charge in [-0.1, -0.05) is 42.5 Å². The van der Waals surface area contributed by atoms with Crippen LogP contribution in [-0.2, 0) is 23.1 Å². The van der Waals surface area contributed by atoms with Crippen LogP contribution in [0.25, 0.3) is 11.1 Å². The van der Waals surface area contributed by atoms with Gasteiger partial charge in [0.1, 0.15) is 5.82 Å². The summed E-state index contributed by atoms with van der Waals surface area (Å²) in [5, 5.41) is 4.81. The predicted octanol–water partition coefficient (Wildman–Crippen LogP) is 4.20. The number of nitrogens with zero attached hydrogens (tertiary/aromatic N) is 1. The van der Waals surface area contributed by atoms with E-state index >= 15 is 0 Å². The van der Waals surface area contributed by atoms with Crippen molar-refractivity contribution >= 4 is 17.8 Å². The summed E-state index contributed by atoms with van der Waals surface area (Å²) in [7, 11) is 0. The maximum Gasteiger partial charge on any atom is 0.416 e. The lowest BCUT2D eigenvalue weighted by atomic mass is 9.88. The molecule has 1 saturated heterocycles. The molecule has 4 amide bonds. The molecule has 5 rings (SSSR count). The molecule has 10 heteroatoms. The van der Waals surface area contributed by atoms with Crippen LogP contribution in [0.5, 0.6) is 0 Å². The highest BCUT2D eigenvalue weighted by Crippen LogP contribution is 2.34. The Morgan fingerprint density at radius 2 is 1.51 bits per heavy atom. The van der Waals surface area contributed by atoms with Crippen molar-refractivity contribution in [2.75, 3.05) is 6.54 Å². The zero-order valence-corrected chi connectivity index (χ0v) is 17.9. The van der Waals surface area contributed by atoms with Gasteiger partial charge in [0.15, 0.2) is 5.54 Å². The van der Waals surface area contributed by atoms with Crippen LogP contribution < -0.4 is 10.6 Å². The molecule has 0 spiro atoms. The third kappa shape index (κ3) is 3.90. The van der Waals surface area contributed by atoms with E-state index in [9.17, 15) is 31.9 Å². The predicted molar refractivity (Wildman–Crippen MR) is 116 cm³/mol. The van der Waals surface area contributed by atoms with E-state index in [0.717, 1.165) is 18.2 Å². The molecule has 0 bridgehead atoms. The van der Waals surface area contributed by atoms with Gasteiger partial charge in [-0.15, -0.1) is 0 Å². The molecule has 0 aromatic heterocycles. The van der Waals surface area contributed by atoms with E-state index in [4.69, 9.17) is 0 Å². The fourth-order valence-electron chi connectivity index (χ4n) is 4.44. The first kappa shape index (κ1) is 22.6. The van der Waals surface area contributed by atoms with Crippen LogP contribution in [-0.4, -0.2) is 29.3 Å². The number of halogens is 4. The Morgan fingerprint density at radius 1 is 0.886 bits per heavy atom. The van der Waals surface area contributed by atoms with Crippen LogP contribution in [0.3, 0.4) is 0 Å². The SMILES string of the molecule is O=C1NC(=O)[C@](CN2Cc3ccc(F)cc3C2=O)(c2ccc(-c3ccc(C(F)(F)F)cc3)cc2)N1. The minimum atomic E-state index is -4.44. The Bertz CT molecular complexity index is 1350. The van der Waals surface area contributed by atoms with Crippen molar-refractivity contribution in [3.8, 4) is 11.1 Å². The zero-order valence-electron chi connectivity index (χ0n) is 17.9. The van der Waals surface area contributed by atoms with Gasteiger partial charge in [-0.2, -0.15) is 13.2 Å². The average Bonchev–Trinajstić information content (AvgIpc) is 3.28. The van der Waals surface area contributed by atoms with Crippen molar-refractivity contribution in [2.45, 2.75) is 18.3 Å². The highest BCUT2D eigenvalue weighted by molar-refractivity contribution is 6.08. The Kier molecular flexibility index (Phi) is 5.12. The lowest BCUT2D eigenvalue weighted by Gasteiger charge is -2.31. The molecule has 6 nitrogen and oxygen atoms in total. The average molecular weight is 483 g/mol. The van der Waals surface area contributed by atoms with Crippen molar-refractivity contribution in [1.29, 1.82) is 0 Å². The summed E-state index contributed by atoms with van der Waals surface area (Å²) >= 11 is 0. The minimum absolute atomic E-state index is 0.142. The van der Waals surface area contributed by atoms with Gasteiger partial charge in [0.2, 0.25) is 0 Å². The molecule has 0 saturated carbocycles. The molecule has 2 heterocycles. The van der Waals surface area contributed by atoms with Crippen LogP contribution in [0, 0.1) is 5.82 Å². The second-order valence-corrected chi connectivity index (χ2v) is 8.43. The highest BCUT2D eigenvalue weighted by Gasteiger charge is 2.50. The second kappa shape index (κ2) is 7.93. The van der Waals surface area contributed by atoms with E-state index in [2.05, 4.69) is 10.6 Å². The normalized spacial score (nSPS) is 19.5. The summed E-state index contributed by atoms with van der Waals surface area (Å²) < 4.78 is 52.2. The van der Waals surface area contributed by atoms with Gasteiger partial charge in [0, 0.05) is 12.1 Å². The van der Waals surface area contributed by atoms with Gasteiger partial charge in [-0.3, -0.25) is 14.9 Å². The summed E-state index contributed by atoms with van der Waals surface area (Å²) in [4.78, 5) is 39.2. The Labute approximate surface area is 196 Å². The van der Waals surface area contributed by atoms with Crippen molar-refractivity contribution in [2.24, 2.45) is 0 Å². The number of hydrogen-bond donors (Lipinski definition) is 2. The third-order valence-electron chi connectivity index (χ3n) is 6.24. The van der Waals surface area contributed by atoms with Gasteiger partial charge in [-0.05, 0) is 46.5 Å². The van der Waals surface area contributed by atoms with E-state index in [0.29, 0.717) is 22.3 Å². The summed E-state index contributed by atoms with van der Waals surface area (Å²) in [5.41, 5.74) is -0.0409. The summed E-state index contributed by atoms with van der Waals surface area (Å²) in [5.74, 6) is -1.67. The van der Waals surface area contributed by atoms with Crippen molar-refractivity contribution < 1.29 is 31.9 Å². The number of alkyl halides is 3. The number of urea groups is 1. The van der Waals surface area contributed by atoms with Crippen LogP contribution in [0.2, 0.25) is 0 Å². The summed E-state index contributed by atoms with van der Waals surface area (Å²) in [6.45, 7) is -0.0533. The molecule has 2 N–H and O–H groups in total. The van der Waals surface area contributed by atoms with E-state index in [1.807, 2.05) is 0 Å². The van der Waals surface area contributed by atoms with Crippen LogP contribution >= 0.6 is 0 Å². The molecule has 0 aliphatic carbocycles. The highest BCUT2D eigenvalue weighted by atomic mass is 19.4. The molecule has 0 radical (unpaired) electrons. The molecule has 35 heavy (non-hydrogen) atoms. The van der Waals surface area contributed by atoms with Crippen LogP contribution in [0.1, 0.15) is 27.0 Å². The van der Waals surface area contributed by atoms with Crippen molar-refractivity contribution in [3.05, 3.63) is 94.8 Å². The molecule has 1 fully saturated rings. The Balaban J connectivity index is 1.45. The molecule has 0 unspecified atom stereocenters. The first-order valence-corrected chi connectivity index (χ1v) is 10.6. The number of rotatable bonds is 4. The number of carbonyl (C=O) groups excluding carboxylic acids is 3. The fraction of sp³-hybridized carbons (Fsp3) is 0.160. The number of nitrogens with one attached hydrogen (secondary N) is 2. The van der Waals surface area contributed by atoms with E-state index in [1.165, 1.54) is 29.2 Å². The molecule has 3 aromatic carbocycles. The number of imide groups is 1. The molecular formula is C25H17F4N3O3. The lowest BCUT2D eigenvalue weighted by Crippen LogP contribution is -2.52. The van der Waals surface area contributed by atoms with Gasteiger partial charge >= 0.3 is 12.2 Å². The summed E-state index contributed by atoms with van der Waals surface area (Å²) in [6.07, 6.45) is -4.44. The topological polar surface area (TPSA) is 78.5 Å². The van der Waals surface area contributed by atoms with E-state index in [-0.39, 0.29) is 18.7 Å². The maximum absolute atomic E-state index is 13.6. The largest absolute Gasteiger partial charge is 0.416 e. The molecule has 1 atom stereocenters. The number of carbonyl (C=O) groups is 3. The number of hydrogen-bond acceptors (Lipinski definition) is 3. The Morgan fingerprint density at radius 3 is 2.09 bits per heavy atom. The molecule has 3 aromatic rings. The molecular weight excluding hydrogens is 466 g/mol. The zero-order chi connectivity index (χ0) is 25.0. The molecule has 2 aliphatic rings. The monoisotopic (exact) mass is 483 g/mol. The van der Waals surface area contributed by atoms with Crippen molar-refractivity contribution in [1.82, 2.24) is 15.5 Å². The van der Waals surface area contributed by atoms with Crippen LogP contribution in [0.15, 0.2) is 66.7 Å². The smallest absolute Gasteiger partial charge is 0.331 e. The first-order valence-electron chi connectivity index (χ1n) is 10.6. The molecule has 178 valence electrons. The van der Waals surface area contributed by atoms with E-state index in [1.54, 1.807) is 24.3 Å². The van der Waals surface area contributed by atoms with Gasteiger partial charge < -0.3 is 10.2 Å². The maximum atomic E-state index is 13.6. The number of benzene rings is 3. The standard InChI is InChI=1S/C25H17F4N3O3/c26-19-10-5-16-12-32(21(33)20(16)11-19)13-24(22(34)30-23(35)31-24)17-6-1-14(2-7-17)15-3-8-18(9-4-15)25(27,28)29/h1-11H,12-13H2,(H2,30,31,34,35)/t24-/m0/s1. The van der Waals surface area contributed by atoms with Crippen molar-refractivity contribution in [3.63, 3.8) is 0 Å². The Hall–Kier alpha value is -4.21. The summed E-state index contributed by atoms with van der Waals surface area (Å²) in [6, 6.07) is 14.2. The first-order chi connectivity index (χ1) is 16.6. The second-order valence-electron chi connectivity index (χ2n) is 8.43. The quantitative estimate of drug-likeness (QED) is 0.431. The lowest BCUT2D eigenvalue weighted by molar-refractivity contribution is -0.137. The third-order valence-corrected chi connectivity index (χ3v) is 6.24. The molecule has 2 aliphatic heterocycles. The van der Waals surface area contributed by atoms with Gasteiger partial charge in [0.25, 0.3) is 11.8 Å². The number of amides is 4. The fourth-order valence-corrected chi connectivity index (χ4v) is 4.44. The minimum Gasteiger partial charge on any atom is -0.331 e. The van der Waals surface area contributed by atoms with E-state index < -0.39 is 40.9 Å². The van der Waals surface area contributed by atoms with Gasteiger partial charge in [0.05, 0.1) is 12.1 Å². The number of fused-ring (bicyclic) bond motifs is 1.